The van der Waals surface area contributed by atoms with Gasteiger partial charge in [-0.1, -0.05) is 12.1 Å². The molecule has 1 aromatic heterocycles. The van der Waals surface area contributed by atoms with E-state index in [-0.39, 0.29) is 28.6 Å². The summed E-state index contributed by atoms with van der Waals surface area (Å²) in [4.78, 5) is 47.7. The Kier molecular flexibility index (Phi) is 5.33. The Hall–Kier alpha value is -4.46. The minimum Gasteiger partial charge on any atom is -0.494 e. The molecule has 3 amide bonds. The topological polar surface area (TPSA) is 104 Å². The second-order valence-electron chi connectivity index (χ2n) is 7.97. The first-order valence-corrected chi connectivity index (χ1v) is 11.0. The minimum atomic E-state index is -0.468. The average molecular weight is 454 g/mol. The number of anilines is 1. The lowest BCUT2D eigenvalue weighted by Crippen LogP contribution is -2.29. The normalized spacial score (nSPS) is 13.8. The molecular formula is C26H22N4O4. The van der Waals surface area contributed by atoms with Crippen LogP contribution in [0.4, 0.5) is 5.69 Å². The summed E-state index contributed by atoms with van der Waals surface area (Å²) in [6.45, 7) is 4.22. The van der Waals surface area contributed by atoms with E-state index >= 15 is 0 Å². The second-order valence-corrected chi connectivity index (χ2v) is 7.97. The number of aromatic amines is 1. The Balaban J connectivity index is 1.36. The molecular weight excluding hydrogens is 432 g/mol. The van der Waals surface area contributed by atoms with E-state index in [0.29, 0.717) is 23.9 Å². The van der Waals surface area contributed by atoms with Crippen molar-refractivity contribution < 1.29 is 19.1 Å². The van der Waals surface area contributed by atoms with Gasteiger partial charge in [0.2, 0.25) is 0 Å². The van der Waals surface area contributed by atoms with Gasteiger partial charge in [-0.25, -0.2) is 9.88 Å². The highest BCUT2D eigenvalue weighted by atomic mass is 16.5. The van der Waals surface area contributed by atoms with Crippen molar-refractivity contribution in [3.63, 3.8) is 0 Å². The summed E-state index contributed by atoms with van der Waals surface area (Å²) in [5.74, 6) is 0.0236. The van der Waals surface area contributed by atoms with Crippen molar-refractivity contribution in [2.24, 2.45) is 0 Å². The van der Waals surface area contributed by atoms with Gasteiger partial charge < -0.3 is 15.0 Å². The molecule has 1 aliphatic rings. The quantitative estimate of drug-likeness (QED) is 0.424. The fourth-order valence-corrected chi connectivity index (χ4v) is 4.00. The number of amides is 3. The number of ether oxygens (including phenoxy) is 1. The smallest absolute Gasteiger partial charge is 0.266 e. The molecule has 0 fully saturated rings. The summed E-state index contributed by atoms with van der Waals surface area (Å²) in [5.41, 5.74) is 2.89. The number of benzene rings is 3. The van der Waals surface area contributed by atoms with Crippen LogP contribution < -0.4 is 15.0 Å². The molecule has 0 saturated heterocycles. The third-order valence-corrected chi connectivity index (χ3v) is 5.72. The van der Waals surface area contributed by atoms with Crippen LogP contribution in [0.5, 0.6) is 5.75 Å². The van der Waals surface area contributed by atoms with Crippen molar-refractivity contribution in [1.29, 1.82) is 0 Å². The van der Waals surface area contributed by atoms with E-state index < -0.39 is 11.8 Å². The van der Waals surface area contributed by atoms with Gasteiger partial charge in [0.15, 0.2) is 0 Å². The number of hydrogen-bond donors (Lipinski definition) is 2. The number of aromatic nitrogens is 2. The molecule has 8 nitrogen and oxygen atoms in total. The van der Waals surface area contributed by atoms with Gasteiger partial charge in [0.25, 0.3) is 17.7 Å². The maximum absolute atomic E-state index is 13.1. The van der Waals surface area contributed by atoms with Gasteiger partial charge in [-0.05, 0) is 68.4 Å². The van der Waals surface area contributed by atoms with Crippen LogP contribution in [-0.2, 0) is 0 Å². The third-order valence-electron chi connectivity index (χ3n) is 5.72. The lowest BCUT2D eigenvalue weighted by atomic mass is 10.1. The first-order valence-electron chi connectivity index (χ1n) is 11.0. The van der Waals surface area contributed by atoms with Gasteiger partial charge >= 0.3 is 0 Å². The van der Waals surface area contributed by atoms with Crippen LogP contribution in [0.3, 0.4) is 0 Å². The molecule has 2 heterocycles. The van der Waals surface area contributed by atoms with E-state index in [1.807, 2.05) is 38.1 Å². The van der Waals surface area contributed by atoms with Gasteiger partial charge in [-0.3, -0.25) is 14.4 Å². The highest BCUT2D eigenvalue weighted by Crippen LogP contribution is 2.30. The van der Waals surface area contributed by atoms with Gasteiger partial charge in [-0.2, -0.15) is 0 Å². The summed E-state index contributed by atoms with van der Waals surface area (Å²) < 4.78 is 5.42. The maximum Gasteiger partial charge on any atom is 0.266 e. The lowest BCUT2D eigenvalue weighted by Gasteiger charge is -2.14. The first kappa shape index (κ1) is 21.4. The van der Waals surface area contributed by atoms with Crippen molar-refractivity contribution in [3.8, 4) is 5.75 Å². The van der Waals surface area contributed by atoms with E-state index in [9.17, 15) is 14.4 Å². The molecule has 1 atom stereocenters. The highest BCUT2D eigenvalue weighted by molar-refractivity contribution is 6.34. The molecule has 1 aliphatic heterocycles. The zero-order chi connectivity index (χ0) is 23.8. The molecule has 0 radical (unpaired) electrons. The SMILES string of the molecule is CCOc1ccc(N2C(=O)c3ccc(C(=O)NC(C)c4nc5ccccc5[nH]4)cc3C2=O)cc1. The number of nitrogens with zero attached hydrogens (tertiary/aromatic N) is 2. The summed E-state index contributed by atoms with van der Waals surface area (Å²) in [6, 6.07) is 18.5. The number of fused-ring (bicyclic) bond motifs is 2. The number of rotatable bonds is 6. The van der Waals surface area contributed by atoms with Crippen LogP contribution in [0.2, 0.25) is 0 Å². The van der Waals surface area contributed by atoms with Gasteiger partial charge in [-0.15, -0.1) is 0 Å². The second kappa shape index (κ2) is 8.47. The fourth-order valence-electron chi connectivity index (χ4n) is 4.00. The van der Waals surface area contributed by atoms with Crippen molar-refractivity contribution in [3.05, 3.63) is 89.2 Å². The van der Waals surface area contributed by atoms with Gasteiger partial charge in [0, 0.05) is 5.56 Å². The van der Waals surface area contributed by atoms with Crippen LogP contribution in [0.25, 0.3) is 11.0 Å². The zero-order valence-electron chi connectivity index (χ0n) is 18.7. The predicted molar refractivity (Wildman–Crippen MR) is 127 cm³/mol. The van der Waals surface area contributed by atoms with Crippen LogP contribution in [-0.4, -0.2) is 34.3 Å². The van der Waals surface area contributed by atoms with Crippen molar-refractivity contribution in [1.82, 2.24) is 15.3 Å². The Morgan fingerprint density at radius 2 is 1.76 bits per heavy atom. The Bertz CT molecular complexity index is 1390. The Morgan fingerprint density at radius 1 is 1.03 bits per heavy atom. The van der Waals surface area contributed by atoms with Crippen LogP contribution >= 0.6 is 0 Å². The molecule has 8 heteroatoms. The number of carbonyl (C=O) groups excluding carboxylic acids is 3. The van der Waals surface area contributed by atoms with E-state index in [1.54, 1.807) is 30.3 Å². The summed E-state index contributed by atoms with van der Waals surface area (Å²) in [5, 5.41) is 2.90. The van der Waals surface area contributed by atoms with E-state index in [4.69, 9.17) is 4.74 Å². The van der Waals surface area contributed by atoms with Crippen LogP contribution in [0, 0.1) is 0 Å². The van der Waals surface area contributed by atoms with Crippen LogP contribution in [0.1, 0.15) is 56.8 Å². The molecule has 0 spiro atoms. The van der Waals surface area contributed by atoms with Crippen molar-refractivity contribution in [2.75, 3.05) is 11.5 Å². The summed E-state index contributed by atoms with van der Waals surface area (Å²) in [7, 11) is 0. The molecule has 0 bridgehead atoms. The summed E-state index contributed by atoms with van der Waals surface area (Å²) >= 11 is 0. The number of carbonyl (C=O) groups is 3. The molecule has 5 rings (SSSR count). The number of para-hydroxylation sites is 2. The number of nitrogens with one attached hydrogen (secondary N) is 2. The molecule has 4 aromatic rings. The van der Waals surface area contributed by atoms with Gasteiger partial charge in [0.1, 0.15) is 11.6 Å². The monoisotopic (exact) mass is 454 g/mol. The molecule has 2 N–H and O–H groups in total. The van der Waals surface area contributed by atoms with E-state index in [0.717, 1.165) is 15.9 Å². The summed E-state index contributed by atoms with van der Waals surface area (Å²) in [6.07, 6.45) is 0. The maximum atomic E-state index is 13.1. The van der Waals surface area contributed by atoms with Crippen molar-refractivity contribution >= 4 is 34.4 Å². The molecule has 34 heavy (non-hydrogen) atoms. The highest BCUT2D eigenvalue weighted by Gasteiger charge is 2.37. The van der Waals surface area contributed by atoms with Gasteiger partial charge in [0.05, 0.1) is 40.5 Å². The van der Waals surface area contributed by atoms with E-state index in [2.05, 4.69) is 15.3 Å². The molecule has 0 saturated carbocycles. The average Bonchev–Trinajstić information content (AvgIpc) is 3.39. The molecule has 0 aliphatic carbocycles. The number of imidazole rings is 1. The largest absolute Gasteiger partial charge is 0.494 e. The van der Waals surface area contributed by atoms with E-state index in [1.165, 1.54) is 12.1 Å². The molecule has 1 unspecified atom stereocenters. The minimum absolute atomic E-state index is 0.197. The Morgan fingerprint density at radius 3 is 2.50 bits per heavy atom. The number of imide groups is 1. The third kappa shape index (κ3) is 3.69. The van der Waals surface area contributed by atoms with Crippen molar-refractivity contribution in [2.45, 2.75) is 19.9 Å². The lowest BCUT2D eigenvalue weighted by molar-refractivity contribution is 0.0921. The van der Waals surface area contributed by atoms with Crippen LogP contribution in [0.15, 0.2) is 66.7 Å². The Labute approximate surface area is 195 Å². The molecule has 170 valence electrons. The zero-order valence-corrected chi connectivity index (χ0v) is 18.7. The number of hydrogen-bond acceptors (Lipinski definition) is 5. The predicted octanol–water partition coefficient (Wildman–Crippen LogP) is 4.25. The molecule has 3 aromatic carbocycles. The standard InChI is InChI=1S/C26H22N4O4/c1-3-34-18-11-9-17(10-12-18)30-25(32)19-13-8-16(14-20(19)26(30)33)24(31)27-15(2)23-28-21-6-4-5-7-22(21)29-23/h4-15H,3H2,1-2H3,(H,27,31)(H,28,29). The fraction of sp³-hybridized carbons (Fsp3) is 0.154. The first-order chi connectivity index (χ1) is 16.5. The number of H-pyrrole nitrogens is 1.